The third-order valence-electron chi connectivity index (χ3n) is 4.34. The largest absolute Gasteiger partial charge is 0.373 e. The number of rotatable bonds is 4. The highest BCUT2D eigenvalue weighted by molar-refractivity contribution is 4.83. The molecule has 1 saturated heterocycles. The lowest BCUT2D eigenvalue weighted by Crippen LogP contribution is -2.46. The second-order valence-electron chi connectivity index (χ2n) is 5.89. The van der Waals surface area contributed by atoms with Gasteiger partial charge >= 0.3 is 0 Å². The number of morpholine rings is 1. The average molecular weight is 240 g/mol. The van der Waals surface area contributed by atoms with Crippen molar-refractivity contribution in [3.8, 4) is 0 Å². The molecule has 1 saturated carbocycles. The fourth-order valence-electron chi connectivity index (χ4n) is 3.58. The first-order valence-electron chi connectivity index (χ1n) is 7.24. The molecule has 0 aromatic rings. The minimum absolute atomic E-state index is 0.405. The minimum Gasteiger partial charge on any atom is -0.373 e. The van der Waals surface area contributed by atoms with E-state index >= 15 is 0 Å². The molecule has 0 spiro atoms. The molecule has 3 heteroatoms. The van der Waals surface area contributed by atoms with Crippen molar-refractivity contribution in [2.75, 3.05) is 26.7 Å². The summed E-state index contributed by atoms with van der Waals surface area (Å²) in [6.07, 6.45) is 6.36. The topological polar surface area (TPSA) is 24.5 Å². The van der Waals surface area contributed by atoms with Crippen molar-refractivity contribution in [2.45, 2.75) is 57.8 Å². The first kappa shape index (κ1) is 13.3. The predicted molar refractivity (Wildman–Crippen MR) is 71.3 cm³/mol. The molecule has 100 valence electrons. The van der Waals surface area contributed by atoms with Gasteiger partial charge in [-0.1, -0.05) is 6.42 Å². The van der Waals surface area contributed by atoms with Gasteiger partial charge in [0.2, 0.25) is 0 Å². The van der Waals surface area contributed by atoms with Gasteiger partial charge in [0.1, 0.15) is 0 Å². The Morgan fingerprint density at radius 2 is 1.88 bits per heavy atom. The first-order valence-corrected chi connectivity index (χ1v) is 7.24. The van der Waals surface area contributed by atoms with Gasteiger partial charge < -0.3 is 10.1 Å². The van der Waals surface area contributed by atoms with E-state index in [0.717, 1.165) is 25.0 Å². The van der Waals surface area contributed by atoms with Gasteiger partial charge in [-0.15, -0.1) is 0 Å². The zero-order chi connectivity index (χ0) is 12.3. The van der Waals surface area contributed by atoms with Crippen LogP contribution in [0.4, 0.5) is 0 Å². The Kier molecular flexibility index (Phi) is 4.83. The standard InChI is InChI=1S/C14H28N2O/c1-11-9-16(10-12(2)17-11)8-7-13-5-4-6-14(13)15-3/h11-15H,4-10H2,1-3H3/t11-,12+,13?,14?. The highest BCUT2D eigenvalue weighted by Gasteiger charge is 2.27. The molecule has 4 atom stereocenters. The third-order valence-corrected chi connectivity index (χ3v) is 4.34. The van der Waals surface area contributed by atoms with Crippen LogP contribution in [0.15, 0.2) is 0 Å². The number of hydrogen-bond donors (Lipinski definition) is 1. The Balaban J connectivity index is 1.73. The summed E-state index contributed by atoms with van der Waals surface area (Å²) >= 11 is 0. The van der Waals surface area contributed by atoms with Gasteiger partial charge in [0.25, 0.3) is 0 Å². The fraction of sp³-hybridized carbons (Fsp3) is 1.00. The maximum Gasteiger partial charge on any atom is 0.0678 e. The van der Waals surface area contributed by atoms with Crippen LogP contribution in [0.3, 0.4) is 0 Å². The van der Waals surface area contributed by atoms with E-state index < -0.39 is 0 Å². The maximum atomic E-state index is 5.78. The van der Waals surface area contributed by atoms with Crippen molar-refractivity contribution in [2.24, 2.45) is 5.92 Å². The summed E-state index contributed by atoms with van der Waals surface area (Å²) in [7, 11) is 2.11. The Bertz CT molecular complexity index is 224. The molecule has 0 amide bonds. The summed E-state index contributed by atoms with van der Waals surface area (Å²) in [4.78, 5) is 2.59. The third kappa shape index (κ3) is 3.67. The Labute approximate surface area is 106 Å². The Hall–Kier alpha value is -0.120. The van der Waals surface area contributed by atoms with E-state index in [1.807, 2.05) is 0 Å². The summed E-state index contributed by atoms with van der Waals surface area (Å²) < 4.78 is 5.78. The van der Waals surface area contributed by atoms with Crippen LogP contribution >= 0.6 is 0 Å². The average Bonchev–Trinajstić information content (AvgIpc) is 2.72. The summed E-state index contributed by atoms with van der Waals surface area (Å²) in [6, 6.07) is 0.769. The summed E-state index contributed by atoms with van der Waals surface area (Å²) in [6.45, 7) is 7.85. The number of nitrogens with one attached hydrogen (secondary N) is 1. The predicted octanol–water partition coefficient (Wildman–Crippen LogP) is 1.87. The van der Waals surface area contributed by atoms with Gasteiger partial charge in [-0.2, -0.15) is 0 Å². The lowest BCUT2D eigenvalue weighted by Gasteiger charge is -2.36. The molecule has 0 aromatic heterocycles. The summed E-state index contributed by atoms with van der Waals surface area (Å²) in [5.74, 6) is 0.897. The van der Waals surface area contributed by atoms with Crippen molar-refractivity contribution in [1.82, 2.24) is 10.2 Å². The van der Waals surface area contributed by atoms with Gasteiger partial charge in [-0.25, -0.2) is 0 Å². The van der Waals surface area contributed by atoms with E-state index in [2.05, 4.69) is 31.1 Å². The molecule has 2 rings (SSSR count). The van der Waals surface area contributed by atoms with E-state index in [0.29, 0.717) is 12.2 Å². The van der Waals surface area contributed by atoms with Crippen LogP contribution in [0, 0.1) is 5.92 Å². The van der Waals surface area contributed by atoms with Gasteiger partial charge in [0.15, 0.2) is 0 Å². The molecule has 17 heavy (non-hydrogen) atoms. The molecule has 1 heterocycles. The molecular formula is C14H28N2O. The molecule has 3 nitrogen and oxygen atoms in total. The molecule has 0 aromatic carbocycles. The highest BCUT2D eigenvalue weighted by atomic mass is 16.5. The van der Waals surface area contributed by atoms with Gasteiger partial charge in [0.05, 0.1) is 12.2 Å². The second kappa shape index (κ2) is 6.17. The van der Waals surface area contributed by atoms with Crippen molar-refractivity contribution >= 4 is 0 Å². The lowest BCUT2D eigenvalue weighted by atomic mass is 9.99. The molecule has 1 N–H and O–H groups in total. The van der Waals surface area contributed by atoms with Gasteiger partial charge in [0, 0.05) is 19.1 Å². The lowest BCUT2D eigenvalue weighted by molar-refractivity contribution is -0.0690. The maximum absolute atomic E-state index is 5.78. The summed E-state index contributed by atoms with van der Waals surface area (Å²) in [5.41, 5.74) is 0. The number of nitrogens with zero attached hydrogens (tertiary/aromatic N) is 1. The highest BCUT2D eigenvalue weighted by Crippen LogP contribution is 2.28. The quantitative estimate of drug-likeness (QED) is 0.812. The Morgan fingerprint density at radius 1 is 1.18 bits per heavy atom. The van der Waals surface area contributed by atoms with Crippen LogP contribution in [0.2, 0.25) is 0 Å². The van der Waals surface area contributed by atoms with E-state index in [9.17, 15) is 0 Å². The van der Waals surface area contributed by atoms with Crippen LogP contribution in [0.25, 0.3) is 0 Å². The Morgan fingerprint density at radius 3 is 2.53 bits per heavy atom. The molecule has 0 radical (unpaired) electrons. The molecule has 2 unspecified atom stereocenters. The molecule has 2 fully saturated rings. The van der Waals surface area contributed by atoms with Crippen molar-refractivity contribution < 1.29 is 4.74 Å². The van der Waals surface area contributed by atoms with E-state index in [1.165, 1.54) is 32.2 Å². The number of hydrogen-bond acceptors (Lipinski definition) is 3. The van der Waals surface area contributed by atoms with Crippen LogP contribution in [-0.4, -0.2) is 49.8 Å². The van der Waals surface area contributed by atoms with E-state index in [-0.39, 0.29) is 0 Å². The fourth-order valence-corrected chi connectivity index (χ4v) is 3.58. The number of ether oxygens (including phenoxy) is 1. The van der Waals surface area contributed by atoms with Crippen LogP contribution in [0.1, 0.15) is 39.5 Å². The van der Waals surface area contributed by atoms with Gasteiger partial charge in [-0.05, 0) is 52.6 Å². The van der Waals surface area contributed by atoms with Crippen molar-refractivity contribution in [3.05, 3.63) is 0 Å². The van der Waals surface area contributed by atoms with Crippen LogP contribution < -0.4 is 5.32 Å². The SMILES string of the molecule is CNC1CCCC1CCN1C[C@@H](C)O[C@@H](C)C1. The van der Waals surface area contributed by atoms with Crippen LogP contribution in [-0.2, 0) is 4.74 Å². The molecule has 2 aliphatic rings. The minimum atomic E-state index is 0.405. The molecule has 0 bridgehead atoms. The molecule has 1 aliphatic carbocycles. The van der Waals surface area contributed by atoms with Crippen LogP contribution in [0.5, 0.6) is 0 Å². The summed E-state index contributed by atoms with van der Waals surface area (Å²) in [5, 5.41) is 3.48. The van der Waals surface area contributed by atoms with E-state index in [4.69, 9.17) is 4.74 Å². The van der Waals surface area contributed by atoms with Gasteiger partial charge in [-0.3, -0.25) is 4.90 Å². The van der Waals surface area contributed by atoms with Crippen molar-refractivity contribution in [1.29, 1.82) is 0 Å². The zero-order valence-corrected chi connectivity index (χ0v) is 11.6. The normalized spacial score (nSPS) is 39.7. The molecule has 1 aliphatic heterocycles. The monoisotopic (exact) mass is 240 g/mol. The van der Waals surface area contributed by atoms with E-state index in [1.54, 1.807) is 0 Å². The smallest absolute Gasteiger partial charge is 0.0678 e. The molecular weight excluding hydrogens is 212 g/mol. The first-order chi connectivity index (χ1) is 8.19. The zero-order valence-electron chi connectivity index (χ0n) is 11.6. The second-order valence-corrected chi connectivity index (χ2v) is 5.89. The van der Waals surface area contributed by atoms with Crippen molar-refractivity contribution in [3.63, 3.8) is 0 Å².